The predicted octanol–water partition coefficient (Wildman–Crippen LogP) is 3.23. The summed E-state index contributed by atoms with van der Waals surface area (Å²) >= 11 is 5.91. The van der Waals surface area contributed by atoms with Crippen LogP contribution in [0.5, 0.6) is 5.75 Å². The molecule has 18 heavy (non-hydrogen) atoms. The standard InChI is InChI=1S/C13H17ClO4/c1-2-3-6-17-7-8-18-12-5-4-10(13(15)16)9-11(12)14/h4-5,9H,2-3,6-8H2,1H3,(H,15,16). The summed E-state index contributed by atoms with van der Waals surface area (Å²) in [6.07, 6.45) is 2.14. The first-order chi connectivity index (χ1) is 8.65. The third kappa shape index (κ3) is 4.94. The van der Waals surface area contributed by atoms with Gasteiger partial charge < -0.3 is 14.6 Å². The van der Waals surface area contributed by atoms with Crippen molar-refractivity contribution >= 4 is 17.6 Å². The molecule has 0 aliphatic rings. The maximum atomic E-state index is 10.7. The van der Waals surface area contributed by atoms with E-state index in [0.717, 1.165) is 19.4 Å². The van der Waals surface area contributed by atoms with Gasteiger partial charge in [0.05, 0.1) is 17.2 Å². The summed E-state index contributed by atoms with van der Waals surface area (Å²) in [6, 6.07) is 4.39. The molecule has 1 rings (SSSR count). The third-order valence-corrected chi connectivity index (χ3v) is 2.60. The number of benzene rings is 1. The SMILES string of the molecule is CCCCOCCOc1ccc(C(=O)O)cc1Cl. The Bertz CT molecular complexity index is 393. The minimum atomic E-state index is -1.01. The zero-order valence-electron chi connectivity index (χ0n) is 10.3. The summed E-state index contributed by atoms with van der Waals surface area (Å²) < 4.78 is 10.7. The molecule has 1 aromatic carbocycles. The Labute approximate surface area is 111 Å². The molecular formula is C13H17ClO4. The van der Waals surface area contributed by atoms with Gasteiger partial charge in [0.25, 0.3) is 0 Å². The Morgan fingerprint density at radius 1 is 1.33 bits per heavy atom. The Balaban J connectivity index is 2.36. The summed E-state index contributed by atoms with van der Waals surface area (Å²) in [5.74, 6) is -0.535. The van der Waals surface area contributed by atoms with Gasteiger partial charge in [-0.25, -0.2) is 4.79 Å². The average molecular weight is 273 g/mol. The van der Waals surface area contributed by atoms with E-state index < -0.39 is 5.97 Å². The lowest BCUT2D eigenvalue weighted by molar-refractivity contribution is 0.0696. The van der Waals surface area contributed by atoms with E-state index in [2.05, 4.69) is 6.92 Å². The van der Waals surface area contributed by atoms with Crippen LogP contribution in [-0.2, 0) is 4.74 Å². The molecule has 0 saturated carbocycles. The second-order valence-corrected chi connectivity index (χ2v) is 4.17. The largest absolute Gasteiger partial charge is 0.490 e. The molecule has 0 aromatic heterocycles. The van der Waals surface area contributed by atoms with Crippen LogP contribution < -0.4 is 4.74 Å². The fraction of sp³-hybridized carbons (Fsp3) is 0.462. The molecule has 5 heteroatoms. The molecule has 0 fully saturated rings. The Morgan fingerprint density at radius 2 is 2.11 bits per heavy atom. The summed E-state index contributed by atoms with van der Waals surface area (Å²) in [4.78, 5) is 10.7. The van der Waals surface area contributed by atoms with Crippen molar-refractivity contribution in [2.45, 2.75) is 19.8 Å². The van der Waals surface area contributed by atoms with Crippen molar-refractivity contribution in [3.05, 3.63) is 28.8 Å². The number of rotatable bonds is 8. The zero-order valence-corrected chi connectivity index (χ0v) is 11.1. The first-order valence-corrected chi connectivity index (χ1v) is 6.26. The second kappa shape index (κ2) is 7.95. The highest BCUT2D eigenvalue weighted by Crippen LogP contribution is 2.25. The normalized spacial score (nSPS) is 10.3. The summed E-state index contributed by atoms with van der Waals surface area (Å²) in [5.41, 5.74) is 0.145. The average Bonchev–Trinajstić information content (AvgIpc) is 2.35. The van der Waals surface area contributed by atoms with E-state index in [9.17, 15) is 4.79 Å². The molecule has 1 aromatic rings. The number of ether oxygens (including phenoxy) is 2. The predicted molar refractivity (Wildman–Crippen MR) is 69.6 cm³/mol. The van der Waals surface area contributed by atoms with Crippen LogP contribution in [0.25, 0.3) is 0 Å². The number of carboxylic acid groups (broad SMARTS) is 1. The van der Waals surface area contributed by atoms with Gasteiger partial charge in [-0.15, -0.1) is 0 Å². The van der Waals surface area contributed by atoms with Crippen LogP contribution in [0.3, 0.4) is 0 Å². The minimum Gasteiger partial charge on any atom is -0.490 e. The smallest absolute Gasteiger partial charge is 0.335 e. The molecule has 0 aliphatic carbocycles. The third-order valence-electron chi connectivity index (χ3n) is 2.31. The number of aromatic carboxylic acids is 1. The topological polar surface area (TPSA) is 55.8 Å². The summed E-state index contributed by atoms with van der Waals surface area (Å²) in [5, 5.41) is 9.07. The molecule has 0 radical (unpaired) electrons. The number of hydrogen-bond donors (Lipinski definition) is 1. The first-order valence-electron chi connectivity index (χ1n) is 5.88. The minimum absolute atomic E-state index is 0.145. The fourth-order valence-electron chi connectivity index (χ4n) is 1.31. The van der Waals surface area contributed by atoms with E-state index in [-0.39, 0.29) is 5.56 Å². The van der Waals surface area contributed by atoms with Crippen LogP contribution in [0.15, 0.2) is 18.2 Å². The van der Waals surface area contributed by atoms with Gasteiger partial charge in [-0.2, -0.15) is 0 Å². The summed E-state index contributed by atoms with van der Waals surface area (Å²) in [7, 11) is 0. The monoisotopic (exact) mass is 272 g/mol. The van der Waals surface area contributed by atoms with Crippen LogP contribution in [0, 0.1) is 0 Å². The van der Waals surface area contributed by atoms with E-state index in [1.165, 1.54) is 12.1 Å². The molecule has 4 nitrogen and oxygen atoms in total. The van der Waals surface area contributed by atoms with Crippen LogP contribution in [0.4, 0.5) is 0 Å². The van der Waals surface area contributed by atoms with Gasteiger partial charge >= 0.3 is 5.97 Å². The lowest BCUT2D eigenvalue weighted by Gasteiger charge is -2.08. The number of hydrogen-bond acceptors (Lipinski definition) is 3. The van der Waals surface area contributed by atoms with Gasteiger partial charge in [0.1, 0.15) is 12.4 Å². The second-order valence-electron chi connectivity index (χ2n) is 3.76. The lowest BCUT2D eigenvalue weighted by Crippen LogP contribution is -2.08. The van der Waals surface area contributed by atoms with Gasteiger partial charge in [0.2, 0.25) is 0 Å². The van der Waals surface area contributed by atoms with E-state index in [1.54, 1.807) is 6.07 Å². The van der Waals surface area contributed by atoms with Crippen molar-refractivity contribution in [3.63, 3.8) is 0 Å². The molecule has 0 spiro atoms. The van der Waals surface area contributed by atoms with E-state index in [4.69, 9.17) is 26.2 Å². The highest BCUT2D eigenvalue weighted by Gasteiger charge is 2.07. The highest BCUT2D eigenvalue weighted by atomic mass is 35.5. The number of carbonyl (C=O) groups is 1. The maximum Gasteiger partial charge on any atom is 0.335 e. The Morgan fingerprint density at radius 3 is 2.72 bits per heavy atom. The molecule has 0 atom stereocenters. The number of carboxylic acids is 1. The Hall–Kier alpha value is -1.26. The van der Waals surface area contributed by atoms with Crippen LogP contribution in [0.2, 0.25) is 5.02 Å². The van der Waals surface area contributed by atoms with Gasteiger partial charge in [-0.05, 0) is 24.6 Å². The molecule has 0 bridgehead atoms. The van der Waals surface area contributed by atoms with Crippen LogP contribution in [-0.4, -0.2) is 30.9 Å². The van der Waals surface area contributed by atoms with Crippen molar-refractivity contribution in [2.75, 3.05) is 19.8 Å². The van der Waals surface area contributed by atoms with Gasteiger partial charge in [0, 0.05) is 6.61 Å². The molecule has 0 heterocycles. The molecule has 0 aliphatic heterocycles. The Kier molecular flexibility index (Phi) is 6.54. The van der Waals surface area contributed by atoms with Crippen LogP contribution in [0.1, 0.15) is 30.1 Å². The van der Waals surface area contributed by atoms with E-state index in [1.807, 2.05) is 0 Å². The molecule has 0 amide bonds. The quantitative estimate of drug-likeness (QED) is 0.738. The molecule has 1 N–H and O–H groups in total. The lowest BCUT2D eigenvalue weighted by atomic mass is 10.2. The van der Waals surface area contributed by atoms with Crippen molar-refractivity contribution in [1.29, 1.82) is 0 Å². The van der Waals surface area contributed by atoms with Gasteiger partial charge in [-0.1, -0.05) is 24.9 Å². The van der Waals surface area contributed by atoms with Crippen molar-refractivity contribution in [1.82, 2.24) is 0 Å². The maximum absolute atomic E-state index is 10.7. The van der Waals surface area contributed by atoms with Crippen molar-refractivity contribution in [3.8, 4) is 5.75 Å². The molecule has 0 saturated heterocycles. The summed E-state index contributed by atoms with van der Waals surface area (Å²) in [6.45, 7) is 3.72. The fourth-order valence-corrected chi connectivity index (χ4v) is 1.55. The number of halogens is 1. The van der Waals surface area contributed by atoms with E-state index >= 15 is 0 Å². The molecule has 0 unspecified atom stereocenters. The van der Waals surface area contributed by atoms with Crippen molar-refractivity contribution in [2.24, 2.45) is 0 Å². The molecule has 100 valence electrons. The van der Waals surface area contributed by atoms with Gasteiger partial charge in [0.15, 0.2) is 0 Å². The van der Waals surface area contributed by atoms with Gasteiger partial charge in [-0.3, -0.25) is 0 Å². The number of unbranched alkanes of at least 4 members (excludes halogenated alkanes) is 1. The van der Waals surface area contributed by atoms with Crippen molar-refractivity contribution < 1.29 is 19.4 Å². The first kappa shape index (κ1) is 14.8. The zero-order chi connectivity index (χ0) is 13.4. The molecular weight excluding hydrogens is 256 g/mol. The van der Waals surface area contributed by atoms with E-state index in [0.29, 0.717) is 24.0 Å². The van der Waals surface area contributed by atoms with Crippen LogP contribution >= 0.6 is 11.6 Å². The highest BCUT2D eigenvalue weighted by molar-refractivity contribution is 6.32.